The van der Waals surface area contributed by atoms with Crippen LogP contribution in [0, 0.1) is 0 Å². The number of likely N-dealkylation sites (tertiary alicyclic amines) is 1. The summed E-state index contributed by atoms with van der Waals surface area (Å²) in [5, 5.41) is 9.22. The third kappa shape index (κ3) is 0.844. The molecule has 3 nitrogen and oxygen atoms in total. The first-order valence-corrected chi connectivity index (χ1v) is 2.77. The van der Waals surface area contributed by atoms with Gasteiger partial charge in [-0.1, -0.05) is 0 Å². The third-order valence-corrected chi connectivity index (χ3v) is 1.51. The van der Waals surface area contributed by atoms with E-state index in [1.165, 1.54) is 0 Å². The van der Waals surface area contributed by atoms with Gasteiger partial charge in [0.2, 0.25) is 0 Å². The van der Waals surface area contributed by atoms with Gasteiger partial charge >= 0.3 is 0 Å². The standard InChI is InChI=1S/C5H12N2O/c1-7-3-5(8,2-6)4-7/h8H,2-4,6H2,1H3. The molecule has 3 heteroatoms. The molecule has 0 spiro atoms. The average molecular weight is 116 g/mol. The van der Waals surface area contributed by atoms with Crippen molar-refractivity contribution in [2.75, 3.05) is 26.7 Å². The van der Waals surface area contributed by atoms with Crippen molar-refractivity contribution in [3.8, 4) is 0 Å². The van der Waals surface area contributed by atoms with Gasteiger partial charge in [-0.15, -0.1) is 0 Å². The first-order valence-electron chi connectivity index (χ1n) is 2.77. The Morgan fingerprint density at radius 2 is 2.25 bits per heavy atom. The third-order valence-electron chi connectivity index (χ3n) is 1.51. The summed E-state index contributed by atoms with van der Waals surface area (Å²) < 4.78 is 0. The minimum absolute atomic E-state index is 0.386. The van der Waals surface area contributed by atoms with E-state index in [1.807, 2.05) is 11.9 Å². The number of β-amino-alcohol motifs (C(OH)–C–C–N with tert-alkyl or cyclic N) is 1. The maximum Gasteiger partial charge on any atom is 0.102 e. The highest BCUT2D eigenvalue weighted by Crippen LogP contribution is 2.15. The number of nitrogens with two attached hydrogens (primary N) is 1. The van der Waals surface area contributed by atoms with Crippen molar-refractivity contribution in [3.05, 3.63) is 0 Å². The topological polar surface area (TPSA) is 49.5 Å². The fourth-order valence-corrected chi connectivity index (χ4v) is 1.09. The summed E-state index contributed by atoms with van der Waals surface area (Å²) in [6, 6.07) is 0. The fourth-order valence-electron chi connectivity index (χ4n) is 1.09. The van der Waals surface area contributed by atoms with Gasteiger partial charge in [-0.05, 0) is 7.05 Å². The zero-order valence-electron chi connectivity index (χ0n) is 5.09. The molecule has 1 aliphatic heterocycles. The fraction of sp³-hybridized carbons (Fsp3) is 1.00. The lowest BCUT2D eigenvalue weighted by Crippen LogP contribution is -2.63. The lowest BCUT2D eigenvalue weighted by molar-refractivity contribution is -0.0778. The second-order valence-corrected chi connectivity index (χ2v) is 2.60. The van der Waals surface area contributed by atoms with Crippen molar-refractivity contribution in [2.45, 2.75) is 5.60 Å². The minimum Gasteiger partial charge on any atom is -0.386 e. The number of hydrogen-bond acceptors (Lipinski definition) is 3. The molecule has 0 aromatic rings. The summed E-state index contributed by atoms with van der Waals surface area (Å²) in [6.45, 7) is 1.84. The van der Waals surface area contributed by atoms with Gasteiger partial charge < -0.3 is 15.7 Å². The molecule has 0 aliphatic carbocycles. The second kappa shape index (κ2) is 1.69. The molecule has 0 saturated carbocycles. The quantitative estimate of drug-likeness (QED) is 0.444. The first-order chi connectivity index (χ1) is 3.66. The molecular weight excluding hydrogens is 104 g/mol. The van der Waals surface area contributed by atoms with Gasteiger partial charge in [0.1, 0.15) is 5.60 Å². The summed E-state index contributed by atoms with van der Waals surface area (Å²) in [4.78, 5) is 2.03. The normalized spacial score (nSPS) is 27.4. The number of nitrogens with zero attached hydrogens (tertiary/aromatic N) is 1. The van der Waals surface area contributed by atoms with Gasteiger partial charge in [-0.3, -0.25) is 0 Å². The second-order valence-electron chi connectivity index (χ2n) is 2.60. The van der Waals surface area contributed by atoms with Crippen LogP contribution in [0.2, 0.25) is 0 Å². The number of hydrogen-bond donors (Lipinski definition) is 2. The van der Waals surface area contributed by atoms with E-state index in [0.717, 1.165) is 13.1 Å². The molecule has 1 saturated heterocycles. The molecule has 1 aliphatic rings. The number of aliphatic hydroxyl groups is 1. The van der Waals surface area contributed by atoms with E-state index in [0.29, 0.717) is 6.54 Å². The van der Waals surface area contributed by atoms with E-state index >= 15 is 0 Å². The summed E-state index contributed by atoms with van der Waals surface area (Å²) in [5.74, 6) is 0. The van der Waals surface area contributed by atoms with E-state index in [-0.39, 0.29) is 0 Å². The van der Waals surface area contributed by atoms with E-state index in [9.17, 15) is 5.11 Å². The molecular formula is C5H12N2O. The molecule has 0 radical (unpaired) electrons. The van der Waals surface area contributed by atoms with Crippen molar-refractivity contribution in [1.29, 1.82) is 0 Å². The Balaban J connectivity index is 2.30. The molecule has 1 rings (SSSR count). The van der Waals surface area contributed by atoms with Crippen LogP contribution in [0.4, 0.5) is 0 Å². The van der Waals surface area contributed by atoms with Crippen molar-refractivity contribution >= 4 is 0 Å². The minimum atomic E-state index is -0.561. The average Bonchev–Trinajstić information content (AvgIpc) is 1.63. The SMILES string of the molecule is CN1CC(O)(CN)C1. The van der Waals surface area contributed by atoms with Crippen LogP contribution >= 0.6 is 0 Å². The van der Waals surface area contributed by atoms with Crippen LogP contribution < -0.4 is 5.73 Å². The molecule has 1 heterocycles. The van der Waals surface area contributed by atoms with Crippen molar-refractivity contribution in [2.24, 2.45) is 5.73 Å². The zero-order valence-corrected chi connectivity index (χ0v) is 5.09. The monoisotopic (exact) mass is 116 g/mol. The molecule has 0 unspecified atom stereocenters. The molecule has 3 N–H and O–H groups in total. The summed E-state index contributed by atoms with van der Waals surface area (Å²) in [5.41, 5.74) is 4.69. The Morgan fingerprint density at radius 1 is 1.75 bits per heavy atom. The Kier molecular flexibility index (Phi) is 1.27. The van der Waals surface area contributed by atoms with E-state index in [2.05, 4.69) is 0 Å². The Hall–Kier alpha value is -0.120. The Labute approximate surface area is 49.1 Å². The number of likely N-dealkylation sites (N-methyl/N-ethyl adjacent to an activating group) is 1. The van der Waals surface area contributed by atoms with Crippen LogP contribution in [0.15, 0.2) is 0 Å². The predicted octanol–water partition coefficient (Wildman–Crippen LogP) is -1.38. The van der Waals surface area contributed by atoms with Gasteiger partial charge in [-0.25, -0.2) is 0 Å². The largest absolute Gasteiger partial charge is 0.386 e. The molecule has 48 valence electrons. The van der Waals surface area contributed by atoms with Gasteiger partial charge in [0.25, 0.3) is 0 Å². The summed E-state index contributed by atoms with van der Waals surface area (Å²) in [7, 11) is 1.96. The van der Waals surface area contributed by atoms with Crippen LogP contribution in [-0.2, 0) is 0 Å². The highest BCUT2D eigenvalue weighted by molar-refractivity contribution is 4.94. The number of rotatable bonds is 1. The van der Waals surface area contributed by atoms with Crippen LogP contribution in [-0.4, -0.2) is 42.3 Å². The zero-order chi connectivity index (χ0) is 6.20. The molecule has 0 amide bonds. The van der Waals surface area contributed by atoms with Crippen LogP contribution in [0.5, 0.6) is 0 Å². The lowest BCUT2D eigenvalue weighted by Gasteiger charge is -2.43. The molecule has 0 bridgehead atoms. The molecule has 8 heavy (non-hydrogen) atoms. The molecule has 0 aromatic carbocycles. The maximum atomic E-state index is 9.22. The molecule has 0 aromatic heterocycles. The van der Waals surface area contributed by atoms with Crippen LogP contribution in [0.1, 0.15) is 0 Å². The Morgan fingerprint density at radius 3 is 2.38 bits per heavy atom. The Bertz CT molecular complexity index is 88.4. The predicted molar refractivity (Wildman–Crippen MR) is 31.5 cm³/mol. The smallest absolute Gasteiger partial charge is 0.102 e. The maximum absolute atomic E-state index is 9.22. The van der Waals surface area contributed by atoms with E-state index < -0.39 is 5.60 Å². The van der Waals surface area contributed by atoms with Gasteiger partial charge in [0.05, 0.1) is 0 Å². The van der Waals surface area contributed by atoms with Crippen molar-refractivity contribution < 1.29 is 5.11 Å². The van der Waals surface area contributed by atoms with Gasteiger partial charge in [0.15, 0.2) is 0 Å². The molecule has 0 atom stereocenters. The molecule has 1 fully saturated rings. The van der Waals surface area contributed by atoms with Crippen molar-refractivity contribution in [3.63, 3.8) is 0 Å². The first kappa shape index (κ1) is 6.01. The highest BCUT2D eigenvalue weighted by atomic mass is 16.3. The van der Waals surface area contributed by atoms with Gasteiger partial charge in [-0.2, -0.15) is 0 Å². The van der Waals surface area contributed by atoms with Gasteiger partial charge in [0, 0.05) is 19.6 Å². The summed E-state index contributed by atoms with van der Waals surface area (Å²) >= 11 is 0. The van der Waals surface area contributed by atoms with Crippen LogP contribution in [0.3, 0.4) is 0 Å². The van der Waals surface area contributed by atoms with E-state index in [1.54, 1.807) is 0 Å². The van der Waals surface area contributed by atoms with Crippen molar-refractivity contribution in [1.82, 2.24) is 4.90 Å². The summed E-state index contributed by atoms with van der Waals surface area (Å²) in [6.07, 6.45) is 0. The van der Waals surface area contributed by atoms with E-state index in [4.69, 9.17) is 5.73 Å². The lowest BCUT2D eigenvalue weighted by atomic mass is 9.96. The highest BCUT2D eigenvalue weighted by Gasteiger charge is 2.37. The van der Waals surface area contributed by atoms with Crippen LogP contribution in [0.25, 0.3) is 0 Å².